The molecule has 0 aliphatic carbocycles. The highest BCUT2D eigenvalue weighted by atomic mass is 15.0. The molecule has 1 aromatic carbocycles. The van der Waals surface area contributed by atoms with Gasteiger partial charge in [0.15, 0.2) is 0 Å². The van der Waals surface area contributed by atoms with E-state index in [1.54, 1.807) is 0 Å². The van der Waals surface area contributed by atoms with Gasteiger partial charge in [0.1, 0.15) is 5.82 Å². The summed E-state index contributed by atoms with van der Waals surface area (Å²) < 4.78 is 0. The predicted octanol–water partition coefficient (Wildman–Crippen LogP) is 2.50. The highest BCUT2D eigenvalue weighted by Gasteiger charge is 1.96. The van der Waals surface area contributed by atoms with E-state index in [1.165, 1.54) is 16.7 Å². The Bertz CT molecular complexity index is 474. The predicted molar refractivity (Wildman–Crippen MR) is 75.5 cm³/mol. The number of nitrogens with two attached hydrogens (primary N) is 1. The summed E-state index contributed by atoms with van der Waals surface area (Å²) in [5, 5.41) is 3.30. The molecule has 0 bridgehead atoms. The van der Waals surface area contributed by atoms with Gasteiger partial charge in [-0.15, -0.1) is 0 Å². The second kappa shape index (κ2) is 6.17. The van der Waals surface area contributed by atoms with Gasteiger partial charge in [0.25, 0.3) is 0 Å². The van der Waals surface area contributed by atoms with E-state index in [9.17, 15) is 0 Å². The smallest absolute Gasteiger partial charge is 0.126 e. The summed E-state index contributed by atoms with van der Waals surface area (Å²) in [6.45, 7) is 3.52. The average molecular weight is 241 g/mol. The molecule has 0 aliphatic rings. The minimum Gasteiger partial charge on any atom is -0.366 e. The SMILES string of the molecule is Cc1ccc(NCc2ccc(CCN)cc2)nc1. The first-order valence-electron chi connectivity index (χ1n) is 6.22. The van der Waals surface area contributed by atoms with Gasteiger partial charge in [-0.2, -0.15) is 0 Å². The Hall–Kier alpha value is -1.87. The van der Waals surface area contributed by atoms with Crippen molar-refractivity contribution in [2.45, 2.75) is 19.9 Å². The van der Waals surface area contributed by atoms with Gasteiger partial charge in [-0.3, -0.25) is 0 Å². The minimum atomic E-state index is 0.699. The molecule has 0 radical (unpaired) electrons. The molecule has 1 aromatic heterocycles. The van der Waals surface area contributed by atoms with Gasteiger partial charge in [-0.1, -0.05) is 30.3 Å². The van der Waals surface area contributed by atoms with E-state index in [2.05, 4.69) is 40.6 Å². The second-order valence-corrected chi connectivity index (χ2v) is 4.43. The van der Waals surface area contributed by atoms with Crippen molar-refractivity contribution in [1.29, 1.82) is 0 Å². The lowest BCUT2D eigenvalue weighted by molar-refractivity contribution is 0.965. The van der Waals surface area contributed by atoms with Crippen LogP contribution in [0.2, 0.25) is 0 Å². The lowest BCUT2D eigenvalue weighted by Gasteiger charge is -2.06. The molecule has 2 rings (SSSR count). The van der Waals surface area contributed by atoms with Gasteiger partial charge in [-0.05, 0) is 42.6 Å². The van der Waals surface area contributed by atoms with Gasteiger partial charge >= 0.3 is 0 Å². The number of rotatable bonds is 5. The fraction of sp³-hybridized carbons (Fsp3) is 0.267. The highest BCUT2D eigenvalue weighted by molar-refractivity contribution is 5.36. The third kappa shape index (κ3) is 3.57. The first-order chi connectivity index (χ1) is 8.78. The summed E-state index contributed by atoms with van der Waals surface area (Å²) in [4.78, 5) is 4.31. The van der Waals surface area contributed by atoms with E-state index in [0.717, 1.165) is 18.8 Å². The normalized spacial score (nSPS) is 10.3. The van der Waals surface area contributed by atoms with Crippen LogP contribution in [0.15, 0.2) is 42.6 Å². The Morgan fingerprint density at radius 1 is 1.06 bits per heavy atom. The van der Waals surface area contributed by atoms with Crippen LogP contribution in [0.25, 0.3) is 0 Å². The molecule has 0 unspecified atom stereocenters. The number of aromatic nitrogens is 1. The van der Waals surface area contributed by atoms with Crippen molar-refractivity contribution in [3.8, 4) is 0 Å². The lowest BCUT2D eigenvalue weighted by atomic mass is 10.1. The number of hydrogen-bond acceptors (Lipinski definition) is 3. The third-order valence-corrected chi connectivity index (χ3v) is 2.84. The molecule has 2 aromatic rings. The van der Waals surface area contributed by atoms with Crippen LogP contribution in [0.4, 0.5) is 5.82 Å². The Morgan fingerprint density at radius 2 is 1.78 bits per heavy atom. The highest BCUT2D eigenvalue weighted by Crippen LogP contribution is 2.08. The minimum absolute atomic E-state index is 0.699. The zero-order valence-corrected chi connectivity index (χ0v) is 10.7. The van der Waals surface area contributed by atoms with E-state index in [-0.39, 0.29) is 0 Å². The molecule has 18 heavy (non-hydrogen) atoms. The van der Waals surface area contributed by atoms with Crippen molar-refractivity contribution in [2.24, 2.45) is 5.73 Å². The van der Waals surface area contributed by atoms with Crippen molar-refractivity contribution >= 4 is 5.82 Å². The van der Waals surface area contributed by atoms with Crippen molar-refractivity contribution < 1.29 is 0 Å². The molecule has 3 heteroatoms. The van der Waals surface area contributed by atoms with Gasteiger partial charge in [0, 0.05) is 12.7 Å². The zero-order valence-electron chi connectivity index (χ0n) is 10.7. The van der Waals surface area contributed by atoms with Crippen LogP contribution in [0.5, 0.6) is 0 Å². The topological polar surface area (TPSA) is 50.9 Å². The fourth-order valence-corrected chi connectivity index (χ4v) is 1.76. The van der Waals surface area contributed by atoms with Crippen LogP contribution in [0.3, 0.4) is 0 Å². The summed E-state index contributed by atoms with van der Waals surface area (Å²) in [5.74, 6) is 0.909. The molecule has 0 amide bonds. The Balaban J connectivity index is 1.91. The van der Waals surface area contributed by atoms with E-state index >= 15 is 0 Å². The number of aryl methyl sites for hydroxylation is 1. The Labute approximate surface area is 108 Å². The maximum absolute atomic E-state index is 5.52. The molecule has 0 saturated carbocycles. The zero-order chi connectivity index (χ0) is 12.8. The van der Waals surface area contributed by atoms with Gasteiger partial charge in [-0.25, -0.2) is 4.98 Å². The second-order valence-electron chi connectivity index (χ2n) is 4.43. The largest absolute Gasteiger partial charge is 0.366 e. The monoisotopic (exact) mass is 241 g/mol. The Morgan fingerprint density at radius 3 is 2.39 bits per heavy atom. The number of anilines is 1. The van der Waals surface area contributed by atoms with Crippen LogP contribution in [0.1, 0.15) is 16.7 Å². The van der Waals surface area contributed by atoms with Crippen LogP contribution >= 0.6 is 0 Å². The quantitative estimate of drug-likeness (QED) is 0.845. The van der Waals surface area contributed by atoms with E-state index in [4.69, 9.17) is 5.73 Å². The molecular formula is C15H19N3. The van der Waals surface area contributed by atoms with Crippen LogP contribution < -0.4 is 11.1 Å². The lowest BCUT2D eigenvalue weighted by Crippen LogP contribution is -2.04. The number of nitrogens with one attached hydrogen (secondary N) is 1. The molecule has 3 nitrogen and oxygen atoms in total. The maximum Gasteiger partial charge on any atom is 0.126 e. The fourth-order valence-electron chi connectivity index (χ4n) is 1.76. The number of hydrogen-bond donors (Lipinski definition) is 2. The van der Waals surface area contributed by atoms with E-state index < -0.39 is 0 Å². The van der Waals surface area contributed by atoms with Gasteiger partial charge in [0.2, 0.25) is 0 Å². The summed E-state index contributed by atoms with van der Waals surface area (Å²) in [7, 11) is 0. The molecule has 0 aliphatic heterocycles. The maximum atomic E-state index is 5.52. The van der Waals surface area contributed by atoms with Crippen LogP contribution in [-0.2, 0) is 13.0 Å². The summed E-state index contributed by atoms with van der Waals surface area (Å²) >= 11 is 0. The standard InChI is InChI=1S/C15H19N3/c1-12-2-7-15(17-10-12)18-11-14-5-3-13(4-6-14)8-9-16/h2-7,10H,8-9,11,16H2,1H3,(H,17,18). The molecule has 0 fully saturated rings. The molecule has 0 spiro atoms. The molecule has 0 saturated heterocycles. The molecule has 3 N–H and O–H groups in total. The summed E-state index contributed by atoms with van der Waals surface area (Å²) in [6.07, 6.45) is 2.81. The van der Waals surface area contributed by atoms with Crippen molar-refractivity contribution in [1.82, 2.24) is 4.98 Å². The number of pyridine rings is 1. The van der Waals surface area contributed by atoms with Gasteiger partial charge in [0.05, 0.1) is 0 Å². The molecule has 1 heterocycles. The third-order valence-electron chi connectivity index (χ3n) is 2.84. The van der Waals surface area contributed by atoms with Crippen molar-refractivity contribution in [2.75, 3.05) is 11.9 Å². The Kier molecular flexibility index (Phi) is 4.31. The summed E-state index contributed by atoms with van der Waals surface area (Å²) in [6, 6.07) is 12.6. The molecule has 0 atom stereocenters. The van der Waals surface area contributed by atoms with Crippen LogP contribution in [-0.4, -0.2) is 11.5 Å². The van der Waals surface area contributed by atoms with Crippen LogP contribution in [0, 0.1) is 6.92 Å². The summed E-state index contributed by atoms with van der Waals surface area (Å²) in [5.41, 5.74) is 9.23. The first-order valence-corrected chi connectivity index (χ1v) is 6.22. The molecular weight excluding hydrogens is 222 g/mol. The first kappa shape index (κ1) is 12.6. The molecule has 94 valence electrons. The number of nitrogens with zero attached hydrogens (tertiary/aromatic N) is 1. The van der Waals surface area contributed by atoms with Crippen molar-refractivity contribution in [3.05, 3.63) is 59.3 Å². The van der Waals surface area contributed by atoms with E-state index in [0.29, 0.717) is 6.54 Å². The average Bonchev–Trinajstić information content (AvgIpc) is 2.40. The van der Waals surface area contributed by atoms with Crippen molar-refractivity contribution in [3.63, 3.8) is 0 Å². The van der Waals surface area contributed by atoms with Gasteiger partial charge < -0.3 is 11.1 Å². The number of benzene rings is 1. The van der Waals surface area contributed by atoms with E-state index in [1.807, 2.05) is 19.2 Å².